The van der Waals surface area contributed by atoms with Crippen molar-refractivity contribution in [3.8, 4) is 11.5 Å². The summed E-state index contributed by atoms with van der Waals surface area (Å²) in [6, 6.07) is 3.72. The van der Waals surface area contributed by atoms with Crippen LogP contribution in [-0.4, -0.2) is 45.2 Å². The zero-order valence-corrected chi connectivity index (χ0v) is 10.2. The van der Waals surface area contributed by atoms with Gasteiger partial charge in [0.15, 0.2) is 0 Å². The minimum absolute atomic E-state index is 0.0349. The van der Waals surface area contributed by atoms with Gasteiger partial charge in [-0.25, -0.2) is 0 Å². The molecular formula is C13H15NO5. The summed E-state index contributed by atoms with van der Waals surface area (Å²) in [5.41, 5.74) is 0.202. The summed E-state index contributed by atoms with van der Waals surface area (Å²) in [4.78, 5) is 24.3. The zero-order valence-electron chi connectivity index (χ0n) is 10.2. The Morgan fingerprint density at radius 2 is 1.84 bits per heavy atom. The van der Waals surface area contributed by atoms with Crippen molar-refractivity contribution in [1.82, 2.24) is 4.90 Å². The molecule has 0 aliphatic carbocycles. The Labute approximate surface area is 109 Å². The smallest absolute Gasteiger partial charge is 0.303 e. The van der Waals surface area contributed by atoms with Crippen molar-refractivity contribution < 1.29 is 24.9 Å². The third-order valence-corrected chi connectivity index (χ3v) is 3.19. The van der Waals surface area contributed by atoms with Gasteiger partial charge in [0.05, 0.1) is 0 Å². The second-order valence-corrected chi connectivity index (χ2v) is 4.74. The number of aromatic hydroxyl groups is 2. The first-order valence-electron chi connectivity index (χ1n) is 6.00. The SMILES string of the molecule is O=C(O)CC1CCN(C(=O)c2cc(O)cc(O)c2)C1. The van der Waals surface area contributed by atoms with Gasteiger partial charge in [0.25, 0.3) is 5.91 Å². The number of phenols is 2. The summed E-state index contributed by atoms with van der Waals surface area (Å²) in [6.07, 6.45) is 0.706. The molecule has 1 saturated heterocycles. The number of benzene rings is 1. The maximum atomic E-state index is 12.1. The van der Waals surface area contributed by atoms with Crippen LogP contribution in [0.1, 0.15) is 23.2 Å². The fourth-order valence-corrected chi connectivity index (χ4v) is 2.33. The summed E-state index contributed by atoms with van der Waals surface area (Å²) < 4.78 is 0. The average molecular weight is 265 g/mol. The van der Waals surface area contributed by atoms with Gasteiger partial charge in [-0.3, -0.25) is 9.59 Å². The van der Waals surface area contributed by atoms with Crippen LogP contribution in [0.15, 0.2) is 18.2 Å². The third kappa shape index (κ3) is 3.15. The molecule has 0 spiro atoms. The van der Waals surface area contributed by atoms with E-state index < -0.39 is 5.97 Å². The van der Waals surface area contributed by atoms with Crippen LogP contribution in [0.2, 0.25) is 0 Å². The molecule has 3 N–H and O–H groups in total. The molecule has 1 atom stereocenters. The van der Waals surface area contributed by atoms with Crippen LogP contribution in [0.4, 0.5) is 0 Å². The number of likely N-dealkylation sites (tertiary alicyclic amines) is 1. The number of carboxylic acid groups (broad SMARTS) is 1. The molecule has 19 heavy (non-hydrogen) atoms. The van der Waals surface area contributed by atoms with Gasteiger partial charge < -0.3 is 20.2 Å². The lowest BCUT2D eigenvalue weighted by Crippen LogP contribution is -2.28. The van der Waals surface area contributed by atoms with E-state index in [1.165, 1.54) is 12.1 Å². The summed E-state index contributed by atoms with van der Waals surface area (Å²) in [7, 11) is 0. The van der Waals surface area contributed by atoms with E-state index in [4.69, 9.17) is 5.11 Å². The van der Waals surface area contributed by atoms with Crippen LogP contribution in [-0.2, 0) is 4.79 Å². The van der Waals surface area contributed by atoms with Crippen LogP contribution < -0.4 is 0 Å². The molecule has 0 aromatic heterocycles. The van der Waals surface area contributed by atoms with Gasteiger partial charge >= 0.3 is 5.97 Å². The number of carboxylic acids is 1. The predicted molar refractivity (Wildman–Crippen MR) is 66.0 cm³/mol. The van der Waals surface area contributed by atoms with Gasteiger partial charge in [-0.15, -0.1) is 0 Å². The summed E-state index contributed by atoms with van der Waals surface area (Å²) in [6.45, 7) is 0.884. The Kier molecular flexibility index (Phi) is 3.59. The van der Waals surface area contributed by atoms with Gasteiger partial charge in [-0.1, -0.05) is 0 Å². The van der Waals surface area contributed by atoms with E-state index in [9.17, 15) is 19.8 Å². The molecule has 1 aliphatic rings. The van der Waals surface area contributed by atoms with Gasteiger partial charge in [0.2, 0.25) is 0 Å². The monoisotopic (exact) mass is 265 g/mol. The zero-order chi connectivity index (χ0) is 14.0. The molecule has 1 aliphatic heterocycles. The molecule has 1 unspecified atom stereocenters. The Hall–Kier alpha value is -2.24. The van der Waals surface area contributed by atoms with Crippen LogP contribution in [0, 0.1) is 5.92 Å². The molecule has 1 fully saturated rings. The molecule has 2 rings (SSSR count). The predicted octanol–water partition coefficient (Wildman–Crippen LogP) is 1.03. The number of rotatable bonds is 3. The highest BCUT2D eigenvalue weighted by Gasteiger charge is 2.28. The Morgan fingerprint density at radius 3 is 2.42 bits per heavy atom. The lowest BCUT2D eigenvalue weighted by atomic mass is 10.1. The Morgan fingerprint density at radius 1 is 1.21 bits per heavy atom. The summed E-state index contributed by atoms with van der Waals surface area (Å²) in [5.74, 6) is -1.56. The number of aliphatic carboxylic acids is 1. The van der Waals surface area contributed by atoms with E-state index in [0.29, 0.717) is 19.5 Å². The lowest BCUT2D eigenvalue weighted by molar-refractivity contribution is -0.138. The molecule has 0 radical (unpaired) electrons. The van der Waals surface area contributed by atoms with Gasteiger partial charge in [0, 0.05) is 31.1 Å². The van der Waals surface area contributed by atoms with Crippen molar-refractivity contribution in [3.63, 3.8) is 0 Å². The number of amides is 1. The number of phenolic OH excluding ortho intramolecular Hbond substituents is 2. The van der Waals surface area contributed by atoms with Crippen molar-refractivity contribution >= 4 is 11.9 Å². The molecule has 1 aromatic carbocycles. The minimum atomic E-state index is -0.866. The van der Waals surface area contributed by atoms with Crippen molar-refractivity contribution in [3.05, 3.63) is 23.8 Å². The molecular weight excluding hydrogens is 250 g/mol. The van der Waals surface area contributed by atoms with E-state index in [1.807, 2.05) is 0 Å². The number of carbonyl (C=O) groups excluding carboxylic acids is 1. The maximum Gasteiger partial charge on any atom is 0.303 e. The number of carbonyl (C=O) groups is 2. The third-order valence-electron chi connectivity index (χ3n) is 3.19. The van der Waals surface area contributed by atoms with Crippen molar-refractivity contribution in [2.45, 2.75) is 12.8 Å². The molecule has 1 heterocycles. The molecule has 6 heteroatoms. The van der Waals surface area contributed by atoms with Gasteiger partial charge in [-0.2, -0.15) is 0 Å². The number of nitrogens with zero attached hydrogens (tertiary/aromatic N) is 1. The first-order valence-corrected chi connectivity index (χ1v) is 6.00. The van der Waals surface area contributed by atoms with Crippen LogP contribution in [0.3, 0.4) is 0 Å². The first kappa shape index (κ1) is 13.2. The van der Waals surface area contributed by atoms with E-state index in [0.717, 1.165) is 6.07 Å². The molecule has 0 bridgehead atoms. The van der Waals surface area contributed by atoms with Crippen LogP contribution >= 0.6 is 0 Å². The fraction of sp³-hybridized carbons (Fsp3) is 0.385. The molecule has 6 nitrogen and oxygen atoms in total. The van der Waals surface area contributed by atoms with E-state index >= 15 is 0 Å². The van der Waals surface area contributed by atoms with E-state index in [1.54, 1.807) is 4.90 Å². The van der Waals surface area contributed by atoms with Gasteiger partial charge in [-0.05, 0) is 24.5 Å². The highest BCUT2D eigenvalue weighted by Crippen LogP contribution is 2.25. The molecule has 1 aromatic rings. The van der Waals surface area contributed by atoms with E-state index in [-0.39, 0.29) is 35.3 Å². The largest absolute Gasteiger partial charge is 0.508 e. The van der Waals surface area contributed by atoms with Gasteiger partial charge in [0.1, 0.15) is 11.5 Å². The second-order valence-electron chi connectivity index (χ2n) is 4.74. The summed E-state index contributed by atoms with van der Waals surface area (Å²) in [5, 5.41) is 27.4. The molecule has 1 amide bonds. The van der Waals surface area contributed by atoms with Crippen molar-refractivity contribution in [1.29, 1.82) is 0 Å². The summed E-state index contributed by atoms with van der Waals surface area (Å²) >= 11 is 0. The normalized spacial score (nSPS) is 18.5. The average Bonchev–Trinajstić information content (AvgIpc) is 2.74. The van der Waals surface area contributed by atoms with Crippen LogP contribution in [0.25, 0.3) is 0 Å². The second kappa shape index (κ2) is 5.17. The highest BCUT2D eigenvalue weighted by molar-refractivity contribution is 5.95. The first-order chi connectivity index (χ1) is 8.95. The Bertz CT molecular complexity index is 494. The van der Waals surface area contributed by atoms with Crippen molar-refractivity contribution in [2.75, 3.05) is 13.1 Å². The van der Waals surface area contributed by atoms with Crippen LogP contribution in [0.5, 0.6) is 11.5 Å². The topological polar surface area (TPSA) is 98.1 Å². The fourth-order valence-electron chi connectivity index (χ4n) is 2.33. The number of hydrogen-bond acceptors (Lipinski definition) is 4. The highest BCUT2D eigenvalue weighted by atomic mass is 16.4. The quantitative estimate of drug-likeness (QED) is 0.758. The maximum absolute atomic E-state index is 12.1. The molecule has 102 valence electrons. The van der Waals surface area contributed by atoms with E-state index in [2.05, 4.69) is 0 Å². The number of hydrogen-bond donors (Lipinski definition) is 3. The minimum Gasteiger partial charge on any atom is -0.508 e. The Balaban J connectivity index is 2.06. The molecule has 0 saturated carbocycles. The standard InChI is InChI=1S/C13H15NO5/c15-10-4-9(5-11(16)6-10)13(19)14-2-1-8(7-14)3-12(17)18/h4-6,8,15-16H,1-3,7H2,(H,17,18). The van der Waals surface area contributed by atoms with Crippen molar-refractivity contribution in [2.24, 2.45) is 5.92 Å². The lowest BCUT2D eigenvalue weighted by Gasteiger charge is -2.16.